The lowest BCUT2D eigenvalue weighted by atomic mass is 9.99. The molecule has 3 unspecified atom stereocenters. The maximum Gasteiger partial charge on any atom is 0.410 e. The number of nitrogens with one attached hydrogen (secondary N) is 1. The number of hydrogen-bond donors (Lipinski definition) is 7. The number of aromatic hydroxyl groups is 6. The lowest BCUT2D eigenvalue weighted by Gasteiger charge is -2.39. The van der Waals surface area contributed by atoms with Crippen LogP contribution in [0.1, 0.15) is 130 Å². The first-order valence-electron chi connectivity index (χ1n) is 44.5. The normalized spacial score (nSPS) is 16.1. The average Bonchev–Trinajstić information content (AvgIpc) is 0.980. The Bertz CT molecular complexity index is 5010. The number of phenols is 6. The Balaban J connectivity index is 0.000000217. The molecule has 3 saturated heterocycles. The van der Waals surface area contributed by atoms with E-state index in [0.717, 1.165) is 35.4 Å². The molecule has 132 heavy (non-hydrogen) atoms. The van der Waals surface area contributed by atoms with Gasteiger partial charge in [0.25, 0.3) is 11.8 Å². The number of carbonyl (C=O) groups is 7. The first-order chi connectivity index (χ1) is 62.8. The minimum Gasteiger partial charge on any atom is -0.508 e. The molecule has 6 heterocycles. The lowest BCUT2D eigenvalue weighted by molar-refractivity contribution is -0.140. The molecule has 7 N–H and O–H groups in total. The van der Waals surface area contributed by atoms with E-state index >= 15 is 0 Å². The first kappa shape index (κ1) is 107. The number of morpholine rings is 2. The molecular weight excluding hydrogens is 1720 g/mol. The number of benzene rings is 6. The number of carbonyl (C=O) groups excluding carboxylic acids is 7. The topological polar surface area (TPSA) is 377 Å². The highest BCUT2D eigenvalue weighted by molar-refractivity contribution is 7.12. The monoisotopic (exact) mass is 1850 g/mol. The predicted molar refractivity (Wildman–Crippen MR) is 503 cm³/mol. The third-order valence-corrected chi connectivity index (χ3v) is 23.3. The number of likely N-dealkylation sites (N-methyl/N-ethyl adjacent to an activating group) is 3. The van der Waals surface area contributed by atoms with Gasteiger partial charge in [-0.1, -0.05) is 43.3 Å². The predicted octanol–water partition coefficient (Wildman–Crippen LogP) is 13.8. The van der Waals surface area contributed by atoms with Crippen LogP contribution in [-0.4, -0.2) is 296 Å². The van der Waals surface area contributed by atoms with Crippen LogP contribution in [0.2, 0.25) is 0 Å². The Morgan fingerprint density at radius 2 is 0.886 bits per heavy atom. The molecule has 32 nitrogen and oxygen atoms in total. The molecular formula is C99H136N8O24S. The summed E-state index contributed by atoms with van der Waals surface area (Å²) >= 11 is 1.41. The van der Waals surface area contributed by atoms with Crippen LogP contribution in [0, 0.1) is 41.5 Å². The molecule has 6 aromatic carbocycles. The van der Waals surface area contributed by atoms with Crippen molar-refractivity contribution in [3.8, 4) is 69.0 Å². The van der Waals surface area contributed by atoms with E-state index in [9.17, 15) is 64.2 Å². The number of rotatable bonds is 26. The molecule has 3 fully saturated rings. The second kappa shape index (κ2) is 53.4. The van der Waals surface area contributed by atoms with Gasteiger partial charge in [-0.05, 0) is 193 Å². The van der Waals surface area contributed by atoms with Crippen molar-refractivity contribution < 1.29 is 116 Å². The summed E-state index contributed by atoms with van der Waals surface area (Å²) in [6.07, 6.45) is 0.742. The van der Waals surface area contributed by atoms with E-state index in [2.05, 4.69) is 10.2 Å². The minimum absolute atomic E-state index is 0.0220. The van der Waals surface area contributed by atoms with Crippen LogP contribution in [0.25, 0.3) is 0 Å². The van der Waals surface area contributed by atoms with Crippen molar-refractivity contribution in [1.82, 2.24) is 39.6 Å². The van der Waals surface area contributed by atoms with Gasteiger partial charge in [-0.25, -0.2) is 9.59 Å². The van der Waals surface area contributed by atoms with E-state index in [1.54, 1.807) is 177 Å². The molecule has 5 aliphatic rings. The summed E-state index contributed by atoms with van der Waals surface area (Å²) in [6, 6.07) is 32.5. The molecule has 5 aliphatic heterocycles. The fourth-order valence-electron chi connectivity index (χ4n) is 13.9. The molecule has 7 amide bonds. The summed E-state index contributed by atoms with van der Waals surface area (Å²) in [6.45, 7) is 36.8. The number of hydrogen-bond acceptors (Lipinski definition) is 26. The Morgan fingerprint density at radius 3 is 1.30 bits per heavy atom. The largest absolute Gasteiger partial charge is 0.508 e. The summed E-state index contributed by atoms with van der Waals surface area (Å²) in [7, 11) is 7.25. The van der Waals surface area contributed by atoms with Crippen molar-refractivity contribution in [2.24, 2.45) is 0 Å². The SMILES string of the molecule is CC(=O)N1CCC(COc2cccc(O)c2C)=C(C(=O)N(C)C(C)C)C1.CCC(=O)N1CCOCC1COc1cccc(O)c1C.CCNC(=O)C1=C(COc2cccc(O)c2C)COCC1.Cc1c(O)cccc1OCC1CN(C)CCN1C(=O)OC(C)C.Cc1c(O)cccc1OCC1COCCN1C(=O)OC(C)C.Cc1c(O)cccc1OCc1ccsc1C(=O)N(C)C. The molecule has 3 atom stereocenters. The van der Waals surface area contributed by atoms with Gasteiger partial charge >= 0.3 is 12.2 Å². The van der Waals surface area contributed by atoms with Gasteiger partial charge in [0.2, 0.25) is 17.7 Å². The van der Waals surface area contributed by atoms with Crippen molar-refractivity contribution in [3.63, 3.8) is 0 Å². The van der Waals surface area contributed by atoms with E-state index in [1.165, 1.54) is 18.3 Å². The third kappa shape index (κ3) is 32.1. The van der Waals surface area contributed by atoms with Gasteiger partial charge in [0, 0.05) is 148 Å². The number of phenolic OH excluding ortho intramolecular Hbond substituents is 6. The van der Waals surface area contributed by atoms with Gasteiger partial charge in [-0.15, -0.1) is 11.3 Å². The highest BCUT2D eigenvalue weighted by Gasteiger charge is 2.35. The van der Waals surface area contributed by atoms with E-state index in [1.807, 2.05) is 97.8 Å². The molecule has 12 rings (SSSR count). The third-order valence-electron chi connectivity index (χ3n) is 22.3. The molecule has 0 aliphatic carbocycles. The maximum atomic E-state index is 12.9. The van der Waals surface area contributed by atoms with Crippen LogP contribution >= 0.6 is 11.3 Å². The number of thiophene rings is 1. The fourth-order valence-corrected chi connectivity index (χ4v) is 14.9. The molecule has 33 heteroatoms. The van der Waals surface area contributed by atoms with E-state index < -0.39 is 0 Å². The number of nitrogens with zero attached hydrogens (tertiary/aromatic N) is 7. The van der Waals surface area contributed by atoms with Gasteiger partial charge in [-0.2, -0.15) is 0 Å². The summed E-state index contributed by atoms with van der Waals surface area (Å²) in [5.74, 6) is 4.84. The van der Waals surface area contributed by atoms with Crippen LogP contribution < -0.4 is 33.7 Å². The Kier molecular flexibility index (Phi) is 43.2. The van der Waals surface area contributed by atoms with Gasteiger partial charge in [0.05, 0.1) is 81.4 Å². The van der Waals surface area contributed by atoms with Gasteiger partial charge < -0.3 is 113 Å². The molecule has 0 spiro atoms. The minimum atomic E-state index is -0.348. The molecule has 0 radical (unpaired) electrons. The molecule has 7 aromatic rings. The fraction of sp³-hybridized carbons (Fsp3) is 0.485. The Morgan fingerprint density at radius 1 is 0.477 bits per heavy atom. The van der Waals surface area contributed by atoms with E-state index in [-0.39, 0.29) is 132 Å². The number of piperazine rings is 1. The van der Waals surface area contributed by atoms with Crippen molar-refractivity contribution in [2.75, 3.05) is 153 Å². The van der Waals surface area contributed by atoms with Crippen LogP contribution in [0.5, 0.6) is 69.0 Å². The summed E-state index contributed by atoms with van der Waals surface area (Å²) in [4.78, 5) is 97.9. The van der Waals surface area contributed by atoms with Crippen molar-refractivity contribution in [2.45, 2.75) is 166 Å². The zero-order chi connectivity index (χ0) is 97.0. The first-order valence-corrected chi connectivity index (χ1v) is 45.4. The molecule has 1 aromatic heterocycles. The number of ether oxygens (including phenoxy) is 11. The van der Waals surface area contributed by atoms with Crippen molar-refractivity contribution in [3.05, 3.63) is 187 Å². The number of amides is 7. The lowest BCUT2D eigenvalue weighted by Crippen LogP contribution is -2.56. The quantitative estimate of drug-likeness (QED) is 0.0265. The standard InChI is InChI=1S/C20H28N2O4.C17H26N2O4.C16H23NO5.C16H21NO4.C15H21NO4.C15H17NO3S/c1-13(2)21(5)20(25)17-11-22(15(4)23)10-9-16(17)12-26-19-8-6-7-18(24)14(19)3;1-12(2)23-17(21)19-9-8-18(4)10-14(19)11-22-16-7-5-6-15(20)13(16)3;1-11(2)22-16(19)17-7-8-20-9-13(17)10-21-15-6-4-5-14(18)12(15)3;1-3-17-16(19)13-7-8-20-9-12(13)10-21-15-6-4-5-14(18)11(15)2;1-3-15(18)16-7-8-19-9-12(16)10-20-14-6-4-5-13(17)11(14)2;1-10-12(17)5-4-6-13(10)19-9-11-7-8-20-14(11)15(18)16(2)3/h6-8,13,24H,9-12H2,1-5H3;5-7,12,14,20H,8-11H2,1-4H3;4-6,11,13,18H,7-10H2,1-3H3;4-6,18H,3,7-10H2,1-2H3,(H,17,19);4-6,12,17H,3,7-10H2,1-2H3;4-8,17H,9H2,1-3H3. The maximum absolute atomic E-state index is 12.9. The van der Waals surface area contributed by atoms with E-state index in [4.69, 9.17) is 52.1 Å². The summed E-state index contributed by atoms with van der Waals surface area (Å²) in [5.41, 5.74) is 8.13. The van der Waals surface area contributed by atoms with Crippen molar-refractivity contribution >= 4 is 53.1 Å². The van der Waals surface area contributed by atoms with Crippen LogP contribution in [0.4, 0.5) is 9.59 Å². The second-order valence-electron chi connectivity index (χ2n) is 33.3. The second-order valence-corrected chi connectivity index (χ2v) is 34.2. The smallest absolute Gasteiger partial charge is 0.410 e. The highest BCUT2D eigenvalue weighted by Crippen LogP contribution is 2.35. The van der Waals surface area contributed by atoms with Crippen LogP contribution in [-0.2, 0) is 49.5 Å². The van der Waals surface area contributed by atoms with Crippen LogP contribution in [0.15, 0.2) is 143 Å². The van der Waals surface area contributed by atoms with Gasteiger partial charge in [0.1, 0.15) is 109 Å². The van der Waals surface area contributed by atoms with E-state index in [0.29, 0.717) is 196 Å². The zero-order valence-electron chi connectivity index (χ0n) is 79.8. The average molecular weight is 1850 g/mol. The Hall–Kier alpha value is -12.2. The summed E-state index contributed by atoms with van der Waals surface area (Å²) in [5, 5.41) is 62.9. The molecule has 0 saturated carbocycles. The Labute approximate surface area is 780 Å². The van der Waals surface area contributed by atoms with Gasteiger partial charge in [-0.3, -0.25) is 33.8 Å². The van der Waals surface area contributed by atoms with Crippen LogP contribution in [0.3, 0.4) is 0 Å². The summed E-state index contributed by atoms with van der Waals surface area (Å²) < 4.78 is 61.5. The van der Waals surface area contributed by atoms with Gasteiger partial charge in [0.15, 0.2) is 0 Å². The zero-order valence-corrected chi connectivity index (χ0v) is 80.7. The van der Waals surface area contributed by atoms with Crippen molar-refractivity contribution in [1.29, 1.82) is 0 Å². The molecule has 722 valence electrons. The molecule has 0 bridgehead atoms. The highest BCUT2D eigenvalue weighted by atomic mass is 32.1.